The van der Waals surface area contributed by atoms with Crippen molar-refractivity contribution in [1.29, 1.82) is 0 Å². The van der Waals surface area contributed by atoms with E-state index in [9.17, 15) is 9.59 Å². The Morgan fingerprint density at radius 2 is 2.14 bits per heavy atom. The van der Waals surface area contributed by atoms with Gasteiger partial charge in [0.1, 0.15) is 0 Å². The van der Waals surface area contributed by atoms with Crippen molar-refractivity contribution < 1.29 is 9.59 Å². The number of carbonyl (C=O) groups is 2. The molecule has 1 saturated heterocycles. The van der Waals surface area contributed by atoms with Crippen molar-refractivity contribution in [2.24, 2.45) is 5.92 Å². The molecule has 1 fully saturated rings. The summed E-state index contributed by atoms with van der Waals surface area (Å²) in [6, 6.07) is 5.65. The maximum absolute atomic E-state index is 12.8. The summed E-state index contributed by atoms with van der Waals surface area (Å²) in [5.41, 5.74) is 1.91. The zero-order valence-corrected chi connectivity index (χ0v) is 17.4. The van der Waals surface area contributed by atoms with Crippen LogP contribution >= 0.6 is 11.6 Å². The highest BCUT2D eigenvalue weighted by Crippen LogP contribution is 2.24. The molecule has 6 heteroatoms. The summed E-state index contributed by atoms with van der Waals surface area (Å²) in [4.78, 5) is 30.3. The molecular formula is C22H30ClN3O2. The van der Waals surface area contributed by atoms with Crippen LogP contribution in [0.15, 0.2) is 24.4 Å². The number of hydrogen-bond donors (Lipinski definition) is 2. The fourth-order valence-electron chi connectivity index (χ4n) is 3.90. The topological polar surface area (TPSA) is 65.2 Å². The van der Waals surface area contributed by atoms with Gasteiger partial charge in [0.25, 0.3) is 0 Å². The van der Waals surface area contributed by atoms with Crippen molar-refractivity contribution in [2.75, 3.05) is 19.6 Å². The van der Waals surface area contributed by atoms with Crippen molar-refractivity contribution in [3.05, 3.63) is 35.0 Å². The van der Waals surface area contributed by atoms with E-state index in [-0.39, 0.29) is 17.7 Å². The Hall–Kier alpha value is -2.01. The van der Waals surface area contributed by atoms with Gasteiger partial charge < -0.3 is 15.2 Å². The molecule has 0 radical (unpaired) electrons. The number of rotatable bonds is 8. The lowest BCUT2D eigenvalue weighted by Crippen LogP contribution is -2.46. The lowest BCUT2D eigenvalue weighted by Gasteiger charge is -2.32. The number of hydrogen-bond acceptors (Lipinski definition) is 2. The van der Waals surface area contributed by atoms with E-state index < -0.39 is 0 Å². The van der Waals surface area contributed by atoms with Crippen LogP contribution in [0.3, 0.4) is 0 Å². The number of unbranched alkanes of at least 4 members (excludes halogenated alkanes) is 3. The van der Waals surface area contributed by atoms with Gasteiger partial charge in [0.05, 0.1) is 12.3 Å². The second kappa shape index (κ2) is 9.97. The number of nitrogens with zero attached hydrogens (tertiary/aromatic N) is 1. The first-order valence-corrected chi connectivity index (χ1v) is 10.8. The molecule has 2 N–H and O–H groups in total. The van der Waals surface area contributed by atoms with Crippen LogP contribution in [0.1, 0.15) is 51.0 Å². The minimum Gasteiger partial charge on any atom is -0.361 e. The average molecular weight is 404 g/mol. The van der Waals surface area contributed by atoms with Crippen molar-refractivity contribution in [2.45, 2.75) is 51.9 Å². The first-order chi connectivity index (χ1) is 13.6. The number of piperidine rings is 1. The van der Waals surface area contributed by atoms with Gasteiger partial charge in [-0.25, -0.2) is 0 Å². The molecule has 5 nitrogen and oxygen atoms in total. The lowest BCUT2D eigenvalue weighted by atomic mass is 9.96. The predicted molar refractivity (Wildman–Crippen MR) is 113 cm³/mol. The van der Waals surface area contributed by atoms with Gasteiger partial charge in [0, 0.05) is 41.8 Å². The van der Waals surface area contributed by atoms with Gasteiger partial charge in [-0.05, 0) is 37.0 Å². The first kappa shape index (κ1) is 20.7. The van der Waals surface area contributed by atoms with Gasteiger partial charge >= 0.3 is 0 Å². The molecule has 1 aromatic carbocycles. The largest absolute Gasteiger partial charge is 0.361 e. The van der Waals surface area contributed by atoms with Gasteiger partial charge in [-0.2, -0.15) is 0 Å². The number of halogens is 1. The maximum atomic E-state index is 12.8. The van der Waals surface area contributed by atoms with Crippen LogP contribution in [0.4, 0.5) is 0 Å². The lowest BCUT2D eigenvalue weighted by molar-refractivity contribution is -0.135. The van der Waals surface area contributed by atoms with Crippen LogP contribution < -0.4 is 5.32 Å². The third kappa shape index (κ3) is 5.28. The number of nitrogens with one attached hydrogen (secondary N) is 2. The standard InChI is InChI=1S/C22H30ClN3O2/c1-2-3-4-5-10-24-22(28)16-7-6-11-26(15-16)21(27)12-17-14-25-20-13-18(23)8-9-19(17)20/h8-9,13-14,16,25H,2-7,10-12,15H2,1H3,(H,24,28). The fraction of sp³-hybridized carbons (Fsp3) is 0.545. The summed E-state index contributed by atoms with van der Waals surface area (Å²) < 4.78 is 0. The van der Waals surface area contributed by atoms with E-state index >= 15 is 0 Å². The van der Waals surface area contributed by atoms with Gasteiger partial charge in [-0.15, -0.1) is 0 Å². The summed E-state index contributed by atoms with van der Waals surface area (Å²) in [5, 5.41) is 4.75. The number of carbonyl (C=O) groups excluding carboxylic acids is 2. The normalized spacial score (nSPS) is 17.1. The van der Waals surface area contributed by atoms with Crippen LogP contribution in [0.5, 0.6) is 0 Å². The van der Waals surface area contributed by atoms with Crippen LogP contribution in [0.2, 0.25) is 5.02 Å². The molecule has 1 atom stereocenters. The SMILES string of the molecule is CCCCCCNC(=O)C1CCCN(C(=O)Cc2c[nH]c3cc(Cl)ccc23)C1. The Balaban J connectivity index is 1.53. The molecule has 1 aliphatic rings. The quantitative estimate of drug-likeness (QED) is 0.645. The smallest absolute Gasteiger partial charge is 0.227 e. The molecule has 2 heterocycles. The van der Waals surface area contributed by atoms with Crippen LogP contribution in [-0.2, 0) is 16.0 Å². The summed E-state index contributed by atoms with van der Waals surface area (Å²) in [7, 11) is 0. The van der Waals surface area contributed by atoms with E-state index in [4.69, 9.17) is 11.6 Å². The molecule has 2 aromatic rings. The predicted octanol–water partition coefficient (Wildman–Crippen LogP) is 4.30. The first-order valence-electron chi connectivity index (χ1n) is 10.4. The molecule has 0 saturated carbocycles. The van der Waals surface area contributed by atoms with Crippen molar-refractivity contribution in [3.8, 4) is 0 Å². The molecular weight excluding hydrogens is 374 g/mol. The number of aromatic nitrogens is 1. The van der Waals surface area contributed by atoms with E-state index in [1.807, 2.05) is 29.3 Å². The maximum Gasteiger partial charge on any atom is 0.227 e. The molecule has 1 unspecified atom stereocenters. The molecule has 0 bridgehead atoms. The Labute approximate surface area is 171 Å². The Bertz CT molecular complexity index is 817. The van der Waals surface area contributed by atoms with Gasteiger partial charge in [0.2, 0.25) is 11.8 Å². The van der Waals surface area contributed by atoms with E-state index in [1.54, 1.807) is 0 Å². The highest BCUT2D eigenvalue weighted by Gasteiger charge is 2.28. The molecule has 1 aromatic heterocycles. The second-order valence-electron chi connectivity index (χ2n) is 7.71. The minimum atomic E-state index is -0.0920. The molecule has 28 heavy (non-hydrogen) atoms. The average Bonchev–Trinajstić information content (AvgIpc) is 3.09. The third-order valence-corrected chi connectivity index (χ3v) is 5.78. The van der Waals surface area contributed by atoms with Gasteiger partial charge in [-0.1, -0.05) is 43.9 Å². The number of fused-ring (bicyclic) bond motifs is 1. The number of aromatic amines is 1. The number of amides is 2. The number of benzene rings is 1. The Kier molecular flexibility index (Phi) is 7.37. The summed E-state index contributed by atoms with van der Waals surface area (Å²) in [5.74, 6) is 0.0812. The molecule has 3 rings (SSSR count). The zero-order valence-electron chi connectivity index (χ0n) is 16.6. The van der Waals surface area contributed by atoms with Crippen molar-refractivity contribution in [3.63, 3.8) is 0 Å². The molecule has 2 amide bonds. The summed E-state index contributed by atoms with van der Waals surface area (Å²) in [6.45, 7) is 4.17. The number of H-pyrrole nitrogens is 1. The zero-order chi connectivity index (χ0) is 19.9. The third-order valence-electron chi connectivity index (χ3n) is 5.55. The Morgan fingerprint density at radius 3 is 2.96 bits per heavy atom. The van der Waals surface area contributed by atoms with E-state index in [2.05, 4.69) is 17.2 Å². The van der Waals surface area contributed by atoms with E-state index in [1.165, 1.54) is 12.8 Å². The van der Waals surface area contributed by atoms with Gasteiger partial charge in [0.15, 0.2) is 0 Å². The molecule has 1 aliphatic heterocycles. The monoisotopic (exact) mass is 403 g/mol. The second-order valence-corrected chi connectivity index (χ2v) is 8.15. The fourth-order valence-corrected chi connectivity index (χ4v) is 4.08. The molecule has 0 spiro atoms. The summed E-state index contributed by atoms with van der Waals surface area (Å²) in [6.07, 6.45) is 8.54. The minimum absolute atomic E-state index is 0.0799. The van der Waals surface area contributed by atoms with E-state index in [0.29, 0.717) is 18.0 Å². The summed E-state index contributed by atoms with van der Waals surface area (Å²) >= 11 is 6.03. The van der Waals surface area contributed by atoms with E-state index in [0.717, 1.165) is 55.2 Å². The number of likely N-dealkylation sites (tertiary alicyclic amines) is 1. The van der Waals surface area contributed by atoms with Crippen molar-refractivity contribution in [1.82, 2.24) is 15.2 Å². The van der Waals surface area contributed by atoms with Crippen LogP contribution in [0, 0.1) is 5.92 Å². The molecule has 0 aliphatic carbocycles. The highest BCUT2D eigenvalue weighted by atomic mass is 35.5. The van der Waals surface area contributed by atoms with Gasteiger partial charge in [-0.3, -0.25) is 9.59 Å². The van der Waals surface area contributed by atoms with Crippen LogP contribution in [0.25, 0.3) is 10.9 Å². The Morgan fingerprint density at radius 1 is 1.29 bits per heavy atom. The highest BCUT2D eigenvalue weighted by molar-refractivity contribution is 6.31. The van der Waals surface area contributed by atoms with Crippen molar-refractivity contribution >= 4 is 34.3 Å². The molecule has 152 valence electrons. The van der Waals surface area contributed by atoms with Crippen LogP contribution in [-0.4, -0.2) is 41.3 Å².